The average molecular weight is 231 g/mol. The summed E-state index contributed by atoms with van der Waals surface area (Å²) in [6.07, 6.45) is 2.67. The molecule has 2 nitrogen and oxygen atoms in total. The van der Waals surface area contributed by atoms with Crippen LogP contribution < -0.4 is 0 Å². The van der Waals surface area contributed by atoms with Gasteiger partial charge in [-0.25, -0.2) is 0 Å². The Labute approximate surface area is 104 Å². The van der Waals surface area contributed by atoms with Crippen LogP contribution >= 0.6 is 0 Å². The standard InChI is InChI=1S/C15H21NO/c1-3-16(11-13-9-10-13)12(2)15(17)14-7-5-4-6-8-14/h4-8,12-13H,3,9-11H2,1-2H3. The molecule has 0 spiro atoms. The molecule has 1 atom stereocenters. The molecule has 1 aromatic rings. The second-order valence-electron chi connectivity index (χ2n) is 4.94. The highest BCUT2D eigenvalue weighted by molar-refractivity contribution is 5.99. The lowest BCUT2D eigenvalue weighted by molar-refractivity contribution is 0.0839. The zero-order chi connectivity index (χ0) is 12.3. The molecule has 0 aliphatic heterocycles. The van der Waals surface area contributed by atoms with E-state index in [1.807, 2.05) is 37.3 Å². The molecule has 17 heavy (non-hydrogen) atoms. The van der Waals surface area contributed by atoms with Crippen LogP contribution in [0.4, 0.5) is 0 Å². The molecule has 92 valence electrons. The normalized spacial score (nSPS) is 17.1. The molecule has 0 bridgehead atoms. The Kier molecular flexibility index (Phi) is 3.95. The summed E-state index contributed by atoms with van der Waals surface area (Å²) >= 11 is 0. The van der Waals surface area contributed by atoms with Gasteiger partial charge in [-0.05, 0) is 32.2 Å². The second-order valence-corrected chi connectivity index (χ2v) is 4.94. The number of Topliss-reactive ketones (excluding diaryl/α,β-unsaturated/α-hetero) is 1. The van der Waals surface area contributed by atoms with Gasteiger partial charge in [-0.2, -0.15) is 0 Å². The van der Waals surface area contributed by atoms with Crippen LogP contribution in [0.1, 0.15) is 37.0 Å². The van der Waals surface area contributed by atoms with Gasteiger partial charge in [0.25, 0.3) is 0 Å². The van der Waals surface area contributed by atoms with E-state index >= 15 is 0 Å². The molecule has 0 saturated heterocycles. The van der Waals surface area contributed by atoms with Gasteiger partial charge in [-0.1, -0.05) is 37.3 Å². The SMILES string of the molecule is CCN(CC1CC1)C(C)C(=O)c1ccccc1. The first-order valence-electron chi connectivity index (χ1n) is 6.55. The van der Waals surface area contributed by atoms with E-state index in [9.17, 15) is 4.79 Å². The van der Waals surface area contributed by atoms with Crippen LogP contribution in [-0.4, -0.2) is 29.8 Å². The largest absolute Gasteiger partial charge is 0.294 e. The summed E-state index contributed by atoms with van der Waals surface area (Å²) in [5, 5.41) is 0. The van der Waals surface area contributed by atoms with E-state index < -0.39 is 0 Å². The van der Waals surface area contributed by atoms with E-state index in [0.717, 1.165) is 24.6 Å². The molecular weight excluding hydrogens is 210 g/mol. The number of hydrogen-bond acceptors (Lipinski definition) is 2. The summed E-state index contributed by atoms with van der Waals surface area (Å²) in [6, 6.07) is 9.62. The van der Waals surface area contributed by atoms with Crippen LogP contribution in [0, 0.1) is 5.92 Å². The fourth-order valence-electron chi connectivity index (χ4n) is 2.20. The minimum atomic E-state index is 0.00278. The lowest BCUT2D eigenvalue weighted by atomic mass is 10.0. The molecule has 1 saturated carbocycles. The predicted octanol–water partition coefficient (Wildman–Crippen LogP) is 2.99. The molecule has 0 aromatic heterocycles. The van der Waals surface area contributed by atoms with Crippen molar-refractivity contribution in [2.75, 3.05) is 13.1 Å². The number of carbonyl (C=O) groups is 1. The molecule has 1 aromatic carbocycles. The van der Waals surface area contributed by atoms with Crippen molar-refractivity contribution in [3.05, 3.63) is 35.9 Å². The quantitative estimate of drug-likeness (QED) is 0.701. The molecule has 1 aliphatic rings. The van der Waals surface area contributed by atoms with Crippen molar-refractivity contribution in [3.63, 3.8) is 0 Å². The highest BCUT2D eigenvalue weighted by Gasteiger charge is 2.28. The van der Waals surface area contributed by atoms with E-state index in [1.54, 1.807) is 0 Å². The highest BCUT2D eigenvalue weighted by atomic mass is 16.1. The average Bonchev–Trinajstić information content (AvgIpc) is 3.19. The van der Waals surface area contributed by atoms with Crippen LogP contribution in [0.25, 0.3) is 0 Å². The maximum Gasteiger partial charge on any atom is 0.179 e. The molecule has 1 aliphatic carbocycles. The third-order valence-corrected chi connectivity index (χ3v) is 3.58. The Hall–Kier alpha value is -1.15. The Morgan fingerprint density at radius 3 is 2.53 bits per heavy atom. The Bertz CT molecular complexity index is 370. The van der Waals surface area contributed by atoms with Gasteiger partial charge in [0.15, 0.2) is 5.78 Å². The van der Waals surface area contributed by atoms with Crippen LogP contribution in [0.5, 0.6) is 0 Å². The summed E-state index contributed by atoms with van der Waals surface area (Å²) in [5.74, 6) is 1.08. The summed E-state index contributed by atoms with van der Waals surface area (Å²) in [6.45, 7) is 6.20. The number of ketones is 1. The first-order chi connectivity index (χ1) is 8.22. The minimum absolute atomic E-state index is 0.00278. The zero-order valence-corrected chi connectivity index (χ0v) is 10.7. The molecule has 0 N–H and O–H groups in total. The summed E-state index contributed by atoms with van der Waals surface area (Å²) in [4.78, 5) is 14.6. The van der Waals surface area contributed by atoms with Gasteiger partial charge in [0.2, 0.25) is 0 Å². The first kappa shape index (κ1) is 12.3. The van der Waals surface area contributed by atoms with Crippen molar-refractivity contribution >= 4 is 5.78 Å². The van der Waals surface area contributed by atoms with E-state index in [1.165, 1.54) is 12.8 Å². The number of hydrogen-bond donors (Lipinski definition) is 0. The molecule has 0 heterocycles. The monoisotopic (exact) mass is 231 g/mol. The lowest BCUT2D eigenvalue weighted by Gasteiger charge is -2.26. The smallest absolute Gasteiger partial charge is 0.179 e. The molecule has 0 amide bonds. The number of likely N-dealkylation sites (N-methyl/N-ethyl adjacent to an activating group) is 1. The lowest BCUT2D eigenvalue weighted by Crippen LogP contribution is -2.40. The van der Waals surface area contributed by atoms with Crippen LogP contribution in [0.3, 0.4) is 0 Å². The minimum Gasteiger partial charge on any atom is -0.294 e. The molecule has 2 rings (SSSR count). The second kappa shape index (κ2) is 5.46. The van der Waals surface area contributed by atoms with E-state index in [4.69, 9.17) is 0 Å². The number of rotatable bonds is 6. The third-order valence-electron chi connectivity index (χ3n) is 3.58. The van der Waals surface area contributed by atoms with Crippen molar-refractivity contribution in [3.8, 4) is 0 Å². The van der Waals surface area contributed by atoms with E-state index in [2.05, 4.69) is 11.8 Å². The molecule has 1 unspecified atom stereocenters. The number of nitrogens with zero attached hydrogens (tertiary/aromatic N) is 1. The maximum absolute atomic E-state index is 12.3. The Morgan fingerprint density at radius 2 is 2.00 bits per heavy atom. The fraction of sp³-hybridized carbons (Fsp3) is 0.533. The van der Waals surface area contributed by atoms with Gasteiger partial charge in [-0.15, -0.1) is 0 Å². The fourth-order valence-corrected chi connectivity index (χ4v) is 2.20. The molecule has 0 radical (unpaired) electrons. The van der Waals surface area contributed by atoms with Gasteiger partial charge < -0.3 is 0 Å². The van der Waals surface area contributed by atoms with Gasteiger partial charge in [0, 0.05) is 12.1 Å². The third kappa shape index (κ3) is 3.16. The van der Waals surface area contributed by atoms with Crippen molar-refractivity contribution < 1.29 is 4.79 Å². The summed E-state index contributed by atoms with van der Waals surface area (Å²) in [7, 11) is 0. The Morgan fingerprint density at radius 1 is 1.35 bits per heavy atom. The van der Waals surface area contributed by atoms with Crippen LogP contribution in [-0.2, 0) is 0 Å². The highest BCUT2D eigenvalue weighted by Crippen LogP contribution is 2.30. The van der Waals surface area contributed by atoms with Crippen LogP contribution in [0.15, 0.2) is 30.3 Å². The van der Waals surface area contributed by atoms with Crippen molar-refractivity contribution in [1.29, 1.82) is 0 Å². The first-order valence-corrected chi connectivity index (χ1v) is 6.55. The maximum atomic E-state index is 12.3. The van der Waals surface area contributed by atoms with Gasteiger partial charge in [0.05, 0.1) is 6.04 Å². The Balaban J connectivity index is 2.01. The van der Waals surface area contributed by atoms with Crippen molar-refractivity contribution in [2.24, 2.45) is 5.92 Å². The number of carbonyl (C=O) groups excluding carboxylic acids is 1. The predicted molar refractivity (Wildman–Crippen MR) is 70.2 cm³/mol. The zero-order valence-electron chi connectivity index (χ0n) is 10.7. The van der Waals surface area contributed by atoms with Gasteiger partial charge in [0.1, 0.15) is 0 Å². The van der Waals surface area contributed by atoms with E-state index in [-0.39, 0.29) is 11.8 Å². The van der Waals surface area contributed by atoms with Crippen molar-refractivity contribution in [2.45, 2.75) is 32.7 Å². The summed E-state index contributed by atoms with van der Waals surface area (Å²) in [5.41, 5.74) is 0.828. The molecular formula is C15H21NO. The van der Waals surface area contributed by atoms with E-state index in [0.29, 0.717) is 0 Å². The van der Waals surface area contributed by atoms with Crippen LogP contribution in [0.2, 0.25) is 0 Å². The summed E-state index contributed by atoms with van der Waals surface area (Å²) < 4.78 is 0. The van der Waals surface area contributed by atoms with Gasteiger partial charge >= 0.3 is 0 Å². The number of benzene rings is 1. The van der Waals surface area contributed by atoms with Gasteiger partial charge in [-0.3, -0.25) is 9.69 Å². The molecule has 1 fully saturated rings. The topological polar surface area (TPSA) is 20.3 Å². The molecule has 2 heteroatoms. The van der Waals surface area contributed by atoms with Crippen molar-refractivity contribution in [1.82, 2.24) is 4.90 Å².